The van der Waals surface area contributed by atoms with Crippen LogP contribution >= 0.6 is 0 Å². The number of aliphatic hydroxyl groups excluding tert-OH is 1. The molecule has 0 unspecified atom stereocenters. The Bertz CT molecular complexity index is 1230. The number of aliphatic hydroxyl groups is 1. The van der Waals surface area contributed by atoms with Gasteiger partial charge in [-0.05, 0) is 17.7 Å². The Morgan fingerprint density at radius 2 is 1.76 bits per heavy atom. The van der Waals surface area contributed by atoms with Crippen molar-refractivity contribution < 1.29 is 28.5 Å². The van der Waals surface area contributed by atoms with Crippen LogP contribution in [0.25, 0.3) is 0 Å². The van der Waals surface area contributed by atoms with Gasteiger partial charge < -0.3 is 19.3 Å². The molecular weight excluding hydrogens is 435 g/mol. The molecule has 172 valence electrons. The van der Waals surface area contributed by atoms with Crippen molar-refractivity contribution in [2.45, 2.75) is 31.5 Å². The summed E-state index contributed by atoms with van der Waals surface area (Å²) in [6.45, 7) is -0.160. The number of hydrogen-bond acceptors (Lipinski definition) is 7. The van der Waals surface area contributed by atoms with Gasteiger partial charge in [-0.15, -0.1) is 0 Å². The van der Waals surface area contributed by atoms with E-state index in [1.165, 1.54) is 12.1 Å². The first-order chi connectivity index (χ1) is 16.0. The van der Waals surface area contributed by atoms with Crippen LogP contribution in [0.2, 0.25) is 0 Å². The molecule has 1 N–H and O–H groups in total. The van der Waals surface area contributed by atoms with E-state index in [9.17, 15) is 23.9 Å². The molecule has 0 spiro atoms. The molecule has 0 bridgehead atoms. The number of carbonyl (C=O) groups excluding carboxylic acids is 1. The first kappa shape index (κ1) is 22.6. The van der Waals surface area contributed by atoms with Crippen molar-refractivity contribution in [3.63, 3.8) is 0 Å². The predicted octanol–water partition coefficient (Wildman–Crippen LogP) is 2.06. The molecule has 10 heteroatoms. The van der Waals surface area contributed by atoms with Gasteiger partial charge in [-0.2, -0.15) is 8.96 Å². The Morgan fingerprint density at radius 1 is 1.09 bits per heavy atom. The minimum absolute atomic E-state index is 0.0673. The van der Waals surface area contributed by atoms with Crippen molar-refractivity contribution in [2.75, 3.05) is 6.61 Å². The molecule has 1 aliphatic rings. The molecule has 2 heterocycles. The van der Waals surface area contributed by atoms with Crippen LogP contribution in [-0.2, 0) is 16.1 Å². The second kappa shape index (κ2) is 9.90. The Labute approximate surface area is 187 Å². The monoisotopic (exact) mass is 456 g/mol. The van der Waals surface area contributed by atoms with Gasteiger partial charge in [0.25, 0.3) is 0 Å². The third-order valence-electron chi connectivity index (χ3n) is 5.18. The largest absolute Gasteiger partial charge is 0.430 e. The summed E-state index contributed by atoms with van der Waals surface area (Å²) in [6, 6.07) is 17.1. The van der Waals surface area contributed by atoms with Gasteiger partial charge in [0.15, 0.2) is 0 Å². The maximum atomic E-state index is 14.4. The fourth-order valence-corrected chi connectivity index (χ4v) is 3.53. The fourth-order valence-electron chi connectivity index (χ4n) is 3.53. The van der Waals surface area contributed by atoms with Gasteiger partial charge in [-0.3, -0.25) is 9.36 Å². The first-order valence-electron chi connectivity index (χ1n) is 10.2. The molecule has 9 nitrogen and oxygen atoms in total. The maximum Gasteiger partial charge on any atom is 0.430 e. The molecule has 0 saturated carbocycles. The highest BCUT2D eigenvalue weighted by Crippen LogP contribution is 2.30. The Morgan fingerprint density at radius 3 is 2.42 bits per heavy atom. The highest BCUT2D eigenvalue weighted by atomic mass is 19.1. The minimum Gasteiger partial charge on any atom is -0.410 e. The number of aromatic nitrogens is 2. The lowest BCUT2D eigenvalue weighted by molar-refractivity contribution is -0.0661. The lowest BCUT2D eigenvalue weighted by Gasteiger charge is -2.16. The lowest BCUT2D eigenvalue weighted by atomic mass is 10.1. The Balaban J connectivity index is 1.57. The van der Waals surface area contributed by atoms with Crippen molar-refractivity contribution in [1.82, 2.24) is 9.13 Å². The van der Waals surface area contributed by atoms with Crippen LogP contribution in [0, 0.1) is 5.82 Å². The van der Waals surface area contributed by atoms with E-state index in [0.717, 1.165) is 10.1 Å². The third-order valence-corrected chi connectivity index (χ3v) is 5.18. The third kappa shape index (κ3) is 4.92. The molecule has 0 amide bonds. The number of hydrogen-bond donors (Lipinski definition) is 1. The zero-order valence-corrected chi connectivity index (χ0v) is 17.4. The minimum atomic E-state index is -1.44. The van der Waals surface area contributed by atoms with Gasteiger partial charge in [0.05, 0.1) is 25.5 Å². The van der Waals surface area contributed by atoms with Crippen LogP contribution in [-0.4, -0.2) is 39.1 Å². The van der Waals surface area contributed by atoms with Gasteiger partial charge in [0.2, 0.25) is 5.82 Å². The molecule has 0 radical (unpaired) electrons. The topological polar surface area (TPSA) is 109 Å². The number of benzene rings is 2. The molecule has 1 aliphatic heterocycles. The van der Waals surface area contributed by atoms with Gasteiger partial charge in [0, 0.05) is 6.42 Å². The van der Waals surface area contributed by atoms with E-state index in [4.69, 9.17) is 14.2 Å². The molecule has 2 aromatic carbocycles. The molecule has 3 aromatic rings. The number of nitrogens with zero attached hydrogens (tertiary/aromatic N) is 2. The number of halogens is 1. The van der Waals surface area contributed by atoms with E-state index in [0.29, 0.717) is 6.20 Å². The van der Waals surface area contributed by atoms with Crippen molar-refractivity contribution in [3.05, 3.63) is 99.1 Å². The summed E-state index contributed by atoms with van der Waals surface area (Å²) in [5, 5.41) is 9.68. The van der Waals surface area contributed by atoms with Crippen molar-refractivity contribution in [3.8, 4) is 5.75 Å². The van der Waals surface area contributed by atoms with Crippen LogP contribution in [0.1, 0.15) is 18.2 Å². The maximum absolute atomic E-state index is 14.4. The number of ether oxygens (including phenoxy) is 3. The SMILES string of the molecule is O=C(Oc1ccccc1)n1c(=O)c(F)cn([C@H]2C[C@H](OCc3ccccc3)[C@@H](CO)O2)c1=O. The van der Waals surface area contributed by atoms with Crippen molar-refractivity contribution >= 4 is 6.09 Å². The molecule has 1 aromatic heterocycles. The van der Waals surface area contributed by atoms with Crippen LogP contribution in [0.5, 0.6) is 5.75 Å². The van der Waals surface area contributed by atoms with Gasteiger partial charge in [0.1, 0.15) is 18.1 Å². The average molecular weight is 456 g/mol. The van der Waals surface area contributed by atoms with E-state index in [2.05, 4.69) is 0 Å². The van der Waals surface area contributed by atoms with Crippen molar-refractivity contribution in [1.29, 1.82) is 0 Å². The second-order valence-electron chi connectivity index (χ2n) is 7.37. The van der Waals surface area contributed by atoms with Crippen LogP contribution in [0.15, 0.2) is 76.4 Å². The van der Waals surface area contributed by atoms with Gasteiger partial charge in [-0.1, -0.05) is 48.5 Å². The van der Waals surface area contributed by atoms with Crippen LogP contribution < -0.4 is 16.0 Å². The molecule has 1 fully saturated rings. The molecule has 0 aliphatic carbocycles. The smallest absolute Gasteiger partial charge is 0.410 e. The first-order valence-corrected chi connectivity index (χ1v) is 10.2. The molecule has 1 saturated heterocycles. The summed E-state index contributed by atoms with van der Waals surface area (Å²) in [4.78, 5) is 37.6. The molecule has 3 atom stereocenters. The van der Waals surface area contributed by atoms with Crippen molar-refractivity contribution in [2.24, 2.45) is 0 Å². The normalized spacial score (nSPS) is 20.0. The number of para-hydroxylation sites is 1. The average Bonchev–Trinajstić information content (AvgIpc) is 3.24. The predicted molar refractivity (Wildman–Crippen MR) is 113 cm³/mol. The Hall–Kier alpha value is -3.60. The van der Waals surface area contributed by atoms with Crippen LogP contribution in [0.3, 0.4) is 0 Å². The van der Waals surface area contributed by atoms with E-state index in [1.54, 1.807) is 18.2 Å². The standard InChI is InChI=1S/C23H21FN2O7/c24-17-12-25(22(29)26(21(17)28)23(30)32-16-9-5-2-6-10-16)20-11-18(19(13-27)33-20)31-14-15-7-3-1-4-8-15/h1-10,12,18-20,27H,11,13-14H2/t18-,19+,20+/m0/s1. The summed E-state index contributed by atoms with van der Waals surface area (Å²) >= 11 is 0. The molecular formula is C23H21FN2O7. The molecule has 4 rings (SSSR count). The van der Waals surface area contributed by atoms with Gasteiger partial charge >= 0.3 is 17.3 Å². The summed E-state index contributed by atoms with van der Waals surface area (Å²) < 4.78 is 31.8. The van der Waals surface area contributed by atoms with Crippen LogP contribution in [0.4, 0.5) is 9.18 Å². The molecule has 33 heavy (non-hydrogen) atoms. The second-order valence-corrected chi connectivity index (χ2v) is 7.37. The Kier molecular flexibility index (Phi) is 6.78. The van der Waals surface area contributed by atoms with E-state index >= 15 is 0 Å². The fraction of sp³-hybridized carbons (Fsp3) is 0.261. The van der Waals surface area contributed by atoms with Gasteiger partial charge in [-0.25, -0.2) is 9.59 Å². The lowest BCUT2D eigenvalue weighted by Crippen LogP contribution is -2.47. The van der Waals surface area contributed by atoms with E-state index < -0.39 is 48.2 Å². The highest BCUT2D eigenvalue weighted by molar-refractivity contribution is 5.72. The quantitative estimate of drug-likeness (QED) is 0.605. The summed E-state index contributed by atoms with van der Waals surface area (Å²) in [5.41, 5.74) is -1.67. The zero-order valence-electron chi connectivity index (χ0n) is 17.4. The van der Waals surface area contributed by atoms with E-state index in [-0.39, 0.29) is 23.3 Å². The highest BCUT2D eigenvalue weighted by Gasteiger charge is 2.38. The number of rotatable bonds is 6. The summed E-state index contributed by atoms with van der Waals surface area (Å²) in [5.74, 6) is -1.26. The number of carbonyl (C=O) groups is 1. The summed E-state index contributed by atoms with van der Waals surface area (Å²) in [6.07, 6.45) is -3.05. The van der Waals surface area contributed by atoms with E-state index in [1.807, 2.05) is 30.3 Å². The zero-order chi connectivity index (χ0) is 23.4. The summed E-state index contributed by atoms with van der Waals surface area (Å²) in [7, 11) is 0.